The Morgan fingerprint density at radius 2 is 2.00 bits per heavy atom. The van der Waals surface area contributed by atoms with E-state index in [0.29, 0.717) is 25.0 Å². The predicted octanol–water partition coefficient (Wildman–Crippen LogP) is 2.27. The predicted molar refractivity (Wildman–Crippen MR) is 79.6 cm³/mol. The summed E-state index contributed by atoms with van der Waals surface area (Å²) in [6, 6.07) is 0.787. The van der Waals surface area contributed by atoms with Gasteiger partial charge < -0.3 is 22.8 Å². The number of hydrogen-bond donors (Lipinski definition) is 0. The third-order valence-corrected chi connectivity index (χ3v) is 6.55. The lowest BCUT2D eigenvalue weighted by Crippen LogP contribution is -2.56. The summed E-state index contributed by atoms with van der Waals surface area (Å²) < 4.78 is 27.7. The second-order valence-corrected chi connectivity index (χ2v) is 8.07. The van der Waals surface area contributed by atoms with Gasteiger partial charge in [-0.05, 0) is 19.8 Å². The summed E-state index contributed by atoms with van der Waals surface area (Å²) in [6.07, 6.45) is 2.96. The second kappa shape index (κ2) is 8.05. The van der Waals surface area contributed by atoms with Crippen LogP contribution in [0.4, 0.5) is 0 Å². The van der Waals surface area contributed by atoms with E-state index in [-0.39, 0.29) is 5.97 Å². The molecule has 1 heterocycles. The van der Waals surface area contributed by atoms with Crippen molar-refractivity contribution in [3.05, 3.63) is 12.2 Å². The van der Waals surface area contributed by atoms with Crippen molar-refractivity contribution in [2.24, 2.45) is 0 Å². The molecule has 122 valence electrons. The van der Waals surface area contributed by atoms with Crippen molar-refractivity contribution < 1.29 is 27.5 Å². The van der Waals surface area contributed by atoms with Crippen molar-refractivity contribution in [2.75, 3.05) is 27.9 Å². The quantitative estimate of drug-likeness (QED) is 0.296. The summed E-state index contributed by atoms with van der Waals surface area (Å²) in [5.41, 5.74) is 0.399. The van der Waals surface area contributed by atoms with E-state index in [1.54, 1.807) is 28.3 Å². The molecule has 1 rings (SSSR count). The Kier molecular flexibility index (Phi) is 7.02. The van der Waals surface area contributed by atoms with Crippen LogP contribution in [0.2, 0.25) is 6.04 Å². The molecule has 0 bridgehead atoms. The van der Waals surface area contributed by atoms with Crippen LogP contribution in [-0.2, 0) is 27.5 Å². The number of hydrogen-bond acceptors (Lipinski definition) is 6. The van der Waals surface area contributed by atoms with E-state index in [2.05, 4.69) is 6.58 Å². The average Bonchev–Trinajstić information content (AvgIpc) is 2.51. The number of ether oxygens (including phenoxy) is 2. The van der Waals surface area contributed by atoms with Gasteiger partial charge in [-0.1, -0.05) is 6.58 Å². The summed E-state index contributed by atoms with van der Waals surface area (Å²) in [4.78, 5) is 11.3. The highest BCUT2D eigenvalue weighted by Gasteiger charge is 2.51. The summed E-state index contributed by atoms with van der Waals surface area (Å²) >= 11 is 0. The molecule has 1 fully saturated rings. The molecule has 1 unspecified atom stereocenters. The van der Waals surface area contributed by atoms with E-state index in [1.807, 2.05) is 0 Å². The summed E-state index contributed by atoms with van der Waals surface area (Å²) in [7, 11) is 2.20. The van der Waals surface area contributed by atoms with Gasteiger partial charge in [-0.3, -0.25) is 0 Å². The monoisotopic (exact) mass is 318 g/mol. The van der Waals surface area contributed by atoms with Crippen molar-refractivity contribution in [2.45, 2.75) is 44.4 Å². The zero-order chi connectivity index (χ0) is 15.9. The van der Waals surface area contributed by atoms with E-state index in [0.717, 1.165) is 18.9 Å². The Morgan fingerprint density at radius 3 is 2.52 bits per heavy atom. The number of carbonyl (C=O) groups is 1. The lowest BCUT2D eigenvalue weighted by molar-refractivity contribution is -0.212. The fourth-order valence-electron chi connectivity index (χ4n) is 2.38. The van der Waals surface area contributed by atoms with Gasteiger partial charge in [0, 0.05) is 45.8 Å². The summed E-state index contributed by atoms with van der Waals surface area (Å²) in [5.74, 6) is -1.09. The molecule has 0 radical (unpaired) electrons. The molecular weight excluding hydrogens is 292 g/mol. The van der Waals surface area contributed by atoms with Crippen molar-refractivity contribution in [3.63, 3.8) is 0 Å². The van der Waals surface area contributed by atoms with Crippen molar-refractivity contribution in [1.29, 1.82) is 0 Å². The Bertz CT molecular complexity index is 368. The van der Waals surface area contributed by atoms with Gasteiger partial charge in [-0.2, -0.15) is 0 Å². The minimum Gasteiger partial charge on any atom is -0.462 e. The number of carbonyl (C=O) groups excluding carboxylic acids is 1. The minimum atomic E-state index is -2.63. The largest absolute Gasteiger partial charge is 0.502 e. The van der Waals surface area contributed by atoms with E-state index in [9.17, 15) is 4.79 Å². The first kappa shape index (κ1) is 18.3. The fraction of sp³-hybridized carbons (Fsp3) is 0.786. The first-order valence-corrected chi connectivity index (χ1v) is 9.04. The highest BCUT2D eigenvalue weighted by Crippen LogP contribution is 2.37. The third kappa shape index (κ3) is 4.89. The van der Waals surface area contributed by atoms with E-state index in [1.165, 1.54) is 0 Å². The molecule has 0 saturated carbocycles. The lowest BCUT2D eigenvalue weighted by Gasteiger charge is -2.43. The summed E-state index contributed by atoms with van der Waals surface area (Å²) in [6.45, 7) is 5.48. The smallest absolute Gasteiger partial charge is 0.462 e. The number of esters is 1. The molecule has 1 aliphatic heterocycles. The van der Waals surface area contributed by atoms with Gasteiger partial charge in [0.1, 0.15) is 0 Å². The molecule has 1 saturated heterocycles. The molecule has 0 aromatic carbocycles. The molecule has 0 N–H and O–H groups in total. The van der Waals surface area contributed by atoms with Gasteiger partial charge in [0.15, 0.2) is 5.79 Å². The molecule has 0 aliphatic carbocycles. The Hall–Kier alpha value is -0.733. The Labute approximate surface area is 127 Å². The first-order valence-electron chi connectivity index (χ1n) is 7.11. The van der Waals surface area contributed by atoms with Crippen molar-refractivity contribution >= 4 is 14.8 Å². The number of methoxy groups -OCH3 is 1. The van der Waals surface area contributed by atoms with Crippen LogP contribution in [0.3, 0.4) is 0 Å². The van der Waals surface area contributed by atoms with Crippen LogP contribution in [-0.4, -0.2) is 48.5 Å². The molecule has 0 aromatic heterocycles. The van der Waals surface area contributed by atoms with Crippen molar-refractivity contribution in [3.8, 4) is 0 Å². The minimum absolute atomic E-state index is 0.314. The van der Waals surface area contributed by atoms with Crippen LogP contribution in [0, 0.1) is 0 Å². The van der Waals surface area contributed by atoms with Gasteiger partial charge >= 0.3 is 14.8 Å². The zero-order valence-electron chi connectivity index (χ0n) is 13.4. The molecule has 1 aliphatic rings. The second-order valence-electron chi connectivity index (χ2n) is 5.18. The molecule has 7 heteroatoms. The molecule has 6 nitrogen and oxygen atoms in total. The van der Waals surface area contributed by atoms with E-state index >= 15 is 0 Å². The normalized spacial score (nSPS) is 24.6. The highest BCUT2D eigenvalue weighted by atomic mass is 28.4. The van der Waals surface area contributed by atoms with Gasteiger partial charge in [0.05, 0.1) is 6.61 Å². The van der Waals surface area contributed by atoms with Gasteiger partial charge in [0.2, 0.25) is 0 Å². The van der Waals surface area contributed by atoms with Gasteiger partial charge in [0.25, 0.3) is 0 Å². The van der Waals surface area contributed by atoms with Crippen LogP contribution in [0.1, 0.15) is 32.6 Å². The average molecular weight is 318 g/mol. The van der Waals surface area contributed by atoms with Crippen LogP contribution in [0.5, 0.6) is 0 Å². The zero-order valence-corrected chi connectivity index (χ0v) is 14.4. The topological polar surface area (TPSA) is 63.2 Å². The maximum Gasteiger partial charge on any atom is 0.502 e. The molecule has 0 aromatic rings. The molecular formula is C14H26O6Si. The fourth-order valence-corrected chi connectivity index (χ4v) is 4.69. The van der Waals surface area contributed by atoms with Gasteiger partial charge in [-0.15, -0.1) is 0 Å². The first-order chi connectivity index (χ1) is 9.92. The SMILES string of the molecule is C=C(C)C(=O)OCCCC1(OC)CCC[Si](OC)(OC)O1. The van der Waals surface area contributed by atoms with Gasteiger partial charge in [-0.25, -0.2) is 4.79 Å². The molecule has 21 heavy (non-hydrogen) atoms. The van der Waals surface area contributed by atoms with E-state index in [4.69, 9.17) is 22.8 Å². The Balaban J connectivity index is 2.52. The highest BCUT2D eigenvalue weighted by molar-refractivity contribution is 6.60. The molecule has 0 amide bonds. The maximum atomic E-state index is 11.3. The number of rotatable bonds is 8. The Morgan fingerprint density at radius 1 is 1.33 bits per heavy atom. The van der Waals surface area contributed by atoms with Crippen molar-refractivity contribution in [1.82, 2.24) is 0 Å². The van der Waals surface area contributed by atoms with E-state index < -0.39 is 14.6 Å². The lowest BCUT2D eigenvalue weighted by atomic mass is 10.1. The standard InChI is InChI=1S/C14H26O6Si/c1-12(2)13(15)19-10-6-8-14(16-3)9-7-11-21(17-4,18-5)20-14/h1,6-11H2,2-5H3. The summed E-state index contributed by atoms with van der Waals surface area (Å²) in [5, 5.41) is 0. The van der Waals surface area contributed by atoms with Crippen LogP contribution >= 0.6 is 0 Å². The maximum absolute atomic E-state index is 11.3. The molecule has 1 atom stereocenters. The van der Waals surface area contributed by atoms with Crippen LogP contribution < -0.4 is 0 Å². The molecule has 0 spiro atoms. The van der Waals surface area contributed by atoms with Crippen LogP contribution in [0.25, 0.3) is 0 Å². The third-order valence-electron chi connectivity index (χ3n) is 3.66. The van der Waals surface area contributed by atoms with Crippen LogP contribution in [0.15, 0.2) is 12.2 Å².